The molecule has 0 radical (unpaired) electrons. The highest BCUT2D eigenvalue weighted by atomic mass is 32.2. The molecule has 0 bridgehead atoms. The van der Waals surface area contributed by atoms with Crippen molar-refractivity contribution in [3.8, 4) is 0 Å². The number of amidine groups is 1. The Morgan fingerprint density at radius 1 is 1.04 bits per heavy atom. The van der Waals surface area contributed by atoms with Crippen LogP contribution in [-0.2, 0) is 19.6 Å². The maximum absolute atomic E-state index is 12.7. The van der Waals surface area contributed by atoms with Gasteiger partial charge >= 0.3 is 5.97 Å². The zero-order chi connectivity index (χ0) is 18.9. The number of likely N-dealkylation sites (tertiary alicyclic amines) is 1. The Labute approximate surface area is 160 Å². The number of piperidine rings is 1. The summed E-state index contributed by atoms with van der Waals surface area (Å²) in [6.07, 6.45) is 8.26. The summed E-state index contributed by atoms with van der Waals surface area (Å²) in [5, 5.41) is 0. The molecule has 6 nitrogen and oxygen atoms in total. The topological polar surface area (TPSA) is 76.0 Å². The largest absolute Gasteiger partial charge is 0.462 e. The summed E-state index contributed by atoms with van der Waals surface area (Å²) < 4.78 is 34.4. The average molecular weight is 391 g/mol. The van der Waals surface area contributed by atoms with Crippen LogP contribution in [0.1, 0.15) is 56.9 Å². The molecule has 3 aliphatic rings. The van der Waals surface area contributed by atoms with Crippen molar-refractivity contribution >= 4 is 21.8 Å². The van der Waals surface area contributed by atoms with Crippen LogP contribution in [0.4, 0.5) is 0 Å². The Kier molecular flexibility index (Phi) is 5.21. The van der Waals surface area contributed by atoms with E-state index in [1.807, 2.05) is 11.0 Å². The standard InChI is InChI=1S/C20H26N2O4S/c23-20(26-16-9-3-1-2-4-10-16)15-8-7-13-22(14-15)19-17-11-5-6-12-18(17)27(24,25)21-19/h5-6,11-12,15-16H,1-4,7-10,13-14H2/t15-/m1/s1. The van der Waals surface area contributed by atoms with Crippen LogP contribution in [0.2, 0.25) is 0 Å². The van der Waals surface area contributed by atoms with E-state index in [9.17, 15) is 13.2 Å². The molecule has 2 fully saturated rings. The second-order valence-electron chi connectivity index (χ2n) is 7.72. The van der Waals surface area contributed by atoms with Gasteiger partial charge in [0.2, 0.25) is 0 Å². The highest BCUT2D eigenvalue weighted by Crippen LogP contribution is 2.30. The van der Waals surface area contributed by atoms with E-state index in [2.05, 4.69) is 4.40 Å². The number of sulfonamides is 1. The number of esters is 1. The Morgan fingerprint density at radius 2 is 1.78 bits per heavy atom. The molecule has 1 aromatic rings. The zero-order valence-electron chi connectivity index (χ0n) is 15.5. The second kappa shape index (κ2) is 7.62. The number of carbonyl (C=O) groups excluding carboxylic acids is 1. The third kappa shape index (κ3) is 3.88. The third-order valence-electron chi connectivity index (χ3n) is 5.75. The molecule has 27 heavy (non-hydrogen) atoms. The first-order chi connectivity index (χ1) is 13.0. The van der Waals surface area contributed by atoms with Gasteiger partial charge in [0.05, 0.1) is 5.92 Å². The van der Waals surface area contributed by atoms with Crippen molar-refractivity contribution in [1.29, 1.82) is 0 Å². The van der Waals surface area contributed by atoms with Gasteiger partial charge in [-0.3, -0.25) is 4.79 Å². The van der Waals surface area contributed by atoms with E-state index in [1.165, 1.54) is 12.8 Å². The minimum Gasteiger partial charge on any atom is -0.462 e. The molecule has 1 aliphatic carbocycles. The van der Waals surface area contributed by atoms with Crippen LogP contribution in [-0.4, -0.2) is 44.3 Å². The molecule has 1 atom stereocenters. The van der Waals surface area contributed by atoms with E-state index in [-0.39, 0.29) is 22.9 Å². The fraction of sp³-hybridized carbons (Fsp3) is 0.600. The Morgan fingerprint density at radius 3 is 2.56 bits per heavy atom. The van der Waals surface area contributed by atoms with Gasteiger partial charge in [-0.2, -0.15) is 8.42 Å². The van der Waals surface area contributed by atoms with E-state index in [0.717, 1.165) is 38.5 Å². The maximum Gasteiger partial charge on any atom is 0.311 e. The molecule has 1 saturated heterocycles. The molecule has 4 rings (SSSR count). The van der Waals surface area contributed by atoms with Crippen molar-refractivity contribution in [3.63, 3.8) is 0 Å². The van der Waals surface area contributed by atoms with Crippen molar-refractivity contribution < 1.29 is 17.9 Å². The first-order valence-corrected chi connectivity index (χ1v) is 11.4. The van der Waals surface area contributed by atoms with Gasteiger partial charge in [-0.15, -0.1) is 4.40 Å². The van der Waals surface area contributed by atoms with Crippen LogP contribution in [0, 0.1) is 5.92 Å². The number of hydrogen-bond donors (Lipinski definition) is 0. The molecular weight excluding hydrogens is 364 g/mol. The molecule has 0 spiro atoms. The molecular formula is C20H26N2O4S. The van der Waals surface area contributed by atoms with Crippen LogP contribution in [0.25, 0.3) is 0 Å². The molecule has 146 valence electrons. The van der Waals surface area contributed by atoms with Crippen molar-refractivity contribution in [2.45, 2.75) is 62.4 Å². The lowest BCUT2D eigenvalue weighted by atomic mass is 9.97. The van der Waals surface area contributed by atoms with Crippen LogP contribution >= 0.6 is 0 Å². The molecule has 1 aromatic carbocycles. The summed E-state index contributed by atoms with van der Waals surface area (Å²) >= 11 is 0. The summed E-state index contributed by atoms with van der Waals surface area (Å²) in [7, 11) is -3.64. The predicted octanol–water partition coefficient (Wildman–Crippen LogP) is 3.11. The lowest BCUT2D eigenvalue weighted by molar-refractivity contribution is -0.156. The Bertz CT molecular complexity index is 841. The van der Waals surface area contributed by atoms with Crippen molar-refractivity contribution in [2.24, 2.45) is 10.3 Å². The summed E-state index contributed by atoms with van der Waals surface area (Å²) in [6, 6.07) is 6.89. The lowest BCUT2D eigenvalue weighted by Gasteiger charge is -2.33. The minimum absolute atomic E-state index is 0.0419. The lowest BCUT2D eigenvalue weighted by Crippen LogP contribution is -2.43. The number of hydrogen-bond acceptors (Lipinski definition) is 5. The first kappa shape index (κ1) is 18.5. The Balaban J connectivity index is 1.46. The van der Waals surface area contributed by atoms with Crippen molar-refractivity contribution in [1.82, 2.24) is 4.90 Å². The molecule has 1 saturated carbocycles. The van der Waals surface area contributed by atoms with E-state index in [1.54, 1.807) is 18.2 Å². The predicted molar refractivity (Wildman–Crippen MR) is 102 cm³/mol. The maximum atomic E-state index is 12.7. The van der Waals surface area contributed by atoms with Gasteiger partial charge in [0.15, 0.2) is 5.84 Å². The van der Waals surface area contributed by atoms with Crippen LogP contribution in [0.5, 0.6) is 0 Å². The zero-order valence-corrected chi connectivity index (χ0v) is 16.3. The van der Waals surface area contributed by atoms with Gasteiger partial charge < -0.3 is 9.64 Å². The smallest absolute Gasteiger partial charge is 0.311 e. The molecule has 0 unspecified atom stereocenters. The number of benzene rings is 1. The summed E-state index contributed by atoms with van der Waals surface area (Å²) in [6.45, 7) is 1.17. The van der Waals surface area contributed by atoms with Gasteiger partial charge in [-0.1, -0.05) is 25.0 Å². The van der Waals surface area contributed by atoms with Crippen molar-refractivity contribution in [2.75, 3.05) is 13.1 Å². The fourth-order valence-corrected chi connectivity index (χ4v) is 5.53. The van der Waals surface area contributed by atoms with E-state index in [0.29, 0.717) is 24.5 Å². The molecule has 2 heterocycles. The summed E-state index contributed by atoms with van der Waals surface area (Å²) in [4.78, 5) is 14.9. The first-order valence-electron chi connectivity index (χ1n) is 9.94. The van der Waals surface area contributed by atoms with Crippen molar-refractivity contribution in [3.05, 3.63) is 29.8 Å². The number of carbonyl (C=O) groups is 1. The molecule has 0 amide bonds. The molecule has 0 N–H and O–H groups in total. The quantitative estimate of drug-likeness (QED) is 0.573. The summed E-state index contributed by atoms with van der Waals surface area (Å²) in [5.41, 5.74) is 0.635. The van der Waals surface area contributed by atoms with Gasteiger partial charge in [0.1, 0.15) is 11.0 Å². The van der Waals surface area contributed by atoms with E-state index >= 15 is 0 Å². The van der Waals surface area contributed by atoms with Gasteiger partial charge in [-0.25, -0.2) is 0 Å². The number of nitrogens with zero attached hydrogens (tertiary/aromatic N) is 2. The SMILES string of the molecule is O=C(OC1CCCCCC1)[C@@H]1CCCN(C2=NS(=O)(=O)c3ccccc32)C1. The van der Waals surface area contributed by atoms with E-state index in [4.69, 9.17) is 4.74 Å². The van der Waals surface area contributed by atoms with Crippen LogP contribution in [0.15, 0.2) is 33.6 Å². The molecule has 2 aliphatic heterocycles. The van der Waals surface area contributed by atoms with Gasteiger partial charge in [0.25, 0.3) is 10.0 Å². The van der Waals surface area contributed by atoms with E-state index < -0.39 is 10.0 Å². The minimum atomic E-state index is -3.64. The van der Waals surface area contributed by atoms with Crippen LogP contribution in [0.3, 0.4) is 0 Å². The molecule has 0 aromatic heterocycles. The van der Waals surface area contributed by atoms with Gasteiger partial charge in [-0.05, 0) is 50.7 Å². The Hall–Kier alpha value is -1.89. The third-order valence-corrected chi connectivity index (χ3v) is 7.08. The van der Waals surface area contributed by atoms with Crippen LogP contribution < -0.4 is 0 Å². The normalized spacial score (nSPS) is 25.4. The molecule has 7 heteroatoms. The monoisotopic (exact) mass is 390 g/mol. The van der Waals surface area contributed by atoms with Gasteiger partial charge in [0, 0.05) is 18.7 Å². The number of rotatable bonds is 2. The highest BCUT2D eigenvalue weighted by molar-refractivity contribution is 7.90. The number of fused-ring (bicyclic) bond motifs is 1. The second-order valence-corrected chi connectivity index (χ2v) is 9.29. The fourth-order valence-electron chi connectivity index (χ4n) is 4.30. The highest BCUT2D eigenvalue weighted by Gasteiger charge is 2.36. The summed E-state index contributed by atoms with van der Waals surface area (Å²) in [5.74, 6) is 0.110. The average Bonchev–Trinajstić information content (AvgIpc) is 2.82. The number of ether oxygens (including phenoxy) is 1.